The van der Waals surface area contributed by atoms with Crippen molar-refractivity contribution in [2.75, 3.05) is 5.73 Å². The van der Waals surface area contributed by atoms with Gasteiger partial charge in [0.1, 0.15) is 16.8 Å². The molecular weight excluding hydrogens is 273 g/mol. The van der Waals surface area contributed by atoms with Crippen molar-refractivity contribution in [3.05, 3.63) is 24.0 Å². The van der Waals surface area contributed by atoms with Gasteiger partial charge in [-0.05, 0) is 24.1 Å². The number of carbonyl (C=O) groups is 1. The van der Waals surface area contributed by atoms with Gasteiger partial charge in [-0.2, -0.15) is 4.72 Å². The van der Waals surface area contributed by atoms with Gasteiger partial charge in [0.25, 0.3) is 0 Å². The molecule has 0 saturated heterocycles. The highest BCUT2D eigenvalue weighted by Crippen LogP contribution is 2.18. The zero-order chi connectivity index (χ0) is 14.8. The molecule has 0 fully saturated rings. The summed E-state index contributed by atoms with van der Waals surface area (Å²) in [6.45, 7) is 3.24. The predicted molar refractivity (Wildman–Crippen MR) is 69.0 cm³/mol. The standard InChI is InChI=1S/C11H16FN3O3S/c1-6(2)10(11(14)16)15-19(17,18)9-5-7(13)3-4-8(9)12/h3-6,10,15H,13H2,1-2H3,(H2,14,16). The Hall–Kier alpha value is -1.67. The fourth-order valence-corrected chi connectivity index (χ4v) is 2.94. The van der Waals surface area contributed by atoms with Gasteiger partial charge in [-0.15, -0.1) is 0 Å². The summed E-state index contributed by atoms with van der Waals surface area (Å²) in [5.41, 5.74) is 10.6. The molecule has 1 amide bonds. The predicted octanol–water partition coefficient (Wildman–Crippen LogP) is 0.196. The number of carbonyl (C=O) groups excluding carboxylic acids is 1. The van der Waals surface area contributed by atoms with Crippen LogP contribution >= 0.6 is 0 Å². The molecule has 6 nitrogen and oxygen atoms in total. The molecule has 8 heteroatoms. The third-order valence-corrected chi connectivity index (χ3v) is 3.96. The number of sulfonamides is 1. The lowest BCUT2D eigenvalue weighted by Crippen LogP contribution is -2.47. The quantitative estimate of drug-likeness (QED) is 0.671. The van der Waals surface area contributed by atoms with Crippen LogP contribution in [0.3, 0.4) is 0 Å². The molecule has 0 aliphatic heterocycles. The molecular formula is C11H16FN3O3S. The Balaban J connectivity index is 3.17. The molecule has 0 aliphatic rings. The highest BCUT2D eigenvalue weighted by molar-refractivity contribution is 7.89. The molecule has 1 aromatic carbocycles. The minimum absolute atomic E-state index is 0.0990. The van der Waals surface area contributed by atoms with Crippen molar-refractivity contribution in [2.45, 2.75) is 24.8 Å². The van der Waals surface area contributed by atoms with Crippen LogP contribution in [-0.2, 0) is 14.8 Å². The average molecular weight is 289 g/mol. The normalized spacial score (nSPS) is 13.5. The minimum Gasteiger partial charge on any atom is -0.399 e. The first-order valence-electron chi connectivity index (χ1n) is 5.52. The van der Waals surface area contributed by atoms with Crippen molar-refractivity contribution < 1.29 is 17.6 Å². The van der Waals surface area contributed by atoms with Crippen LogP contribution in [0.5, 0.6) is 0 Å². The first kappa shape index (κ1) is 15.4. The highest BCUT2D eigenvalue weighted by atomic mass is 32.2. The van der Waals surface area contributed by atoms with E-state index in [4.69, 9.17) is 11.5 Å². The number of nitrogens with two attached hydrogens (primary N) is 2. The lowest BCUT2D eigenvalue weighted by molar-refractivity contribution is -0.120. The molecule has 0 radical (unpaired) electrons. The maximum atomic E-state index is 13.5. The van der Waals surface area contributed by atoms with E-state index in [0.29, 0.717) is 0 Å². The van der Waals surface area contributed by atoms with Crippen LogP contribution in [0.25, 0.3) is 0 Å². The number of halogens is 1. The lowest BCUT2D eigenvalue weighted by Gasteiger charge is -2.19. The van der Waals surface area contributed by atoms with E-state index in [-0.39, 0.29) is 11.6 Å². The summed E-state index contributed by atoms with van der Waals surface area (Å²) in [5, 5.41) is 0. The fourth-order valence-electron chi connectivity index (χ4n) is 1.48. The molecule has 0 saturated carbocycles. The van der Waals surface area contributed by atoms with Gasteiger partial charge in [0.05, 0.1) is 0 Å². The second-order valence-electron chi connectivity index (χ2n) is 4.44. The topological polar surface area (TPSA) is 115 Å². The van der Waals surface area contributed by atoms with Crippen molar-refractivity contribution >= 4 is 21.6 Å². The van der Waals surface area contributed by atoms with Gasteiger partial charge in [-0.3, -0.25) is 4.79 Å². The Morgan fingerprint density at radius 1 is 1.37 bits per heavy atom. The van der Waals surface area contributed by atoms with Crippen LogP contribution in [0.4, 0.5) is 10.1 Å². The summed E-state index contributed by atoms with van der Waals surface area (Å²) >= 11 is 0. The first-order valence-corrected chi connectivity index (χ1v) is 7.00. The molecule has 0 aromatic heterocycles. The van der Waals surface area contributed by atoms with Crippen LogP contribution in [0.15, 0.2) is 23.1 Å². The van der Waals surface area contributed by atoms with E-state index in [1.54, 1.807) is 13.8 Å². The molecule has 1 rings (SSSR count). The molecule has 0 aliphatic carbocycles. The fraction of sp³-hybridized carbons (Fsp3) is 0.364. The molecule has 1 atom stereocenters. The van der Waals surface area contributed by atoms with Gasteiger partial charge >= 0.3 is 0 Å². The van der Waals surface area contributed by atoms with Crippen LogP contribution in [-0.4, -0.2) is 20.4 Å². The van der Waals surface area contributed by atoms with Crippen molar-refractivity contribution in [3.63, 3.8) is 0 Å². The van der Waals surface area contributed by atoms with E-state index in [1.165, 1.54) is 6.07 Å². The second kappa shape index (κ2) is 5.54. The number of nitrogens with one attached hydrogen (secondary N) is 1. The van der Waals surface area contributed by atoms with Crippen LogP contribution in [0.1, 0.15) is 13.8 Å². The summed E-state index contributed by atoms with van der Waals surface area (Å²) in [5.74, 6) is -2.15. The van der Waals surface area contributed by atoms with Gasteiger partial charge in [-0.25, -0.2) is 12.8 Å². The first-order chi connectivity index (χ1) is 8.65. The number of amides is 1. The van der Waals surface area contributed by atoms with Gasteiger partial charge in [0.2, 0.25) is 15.9 Å². The van der Waals surface area contributed by atoms with Gasteiger partial charge in [0.15, 0.2) is 0 Å². The van der Waals surface area contributed by atoms with Gasteiger partial charge in [0, 0.05) is 5.69 Å². The molecule has 106 valence electrons. The van der Waals surface area contributed by atoms with Crippen LogP contribution < -0.4 is 16.2 Å². The Morgan fingerprint density at radius 3 is 2.42 bits per heavy atom. The lowest BCUT2D eigenvalue weighted by atomic mass is 10.1. The average Bonchev–Trinajstić information content (AvgIpc) is 2.28. The number of anilines is 1. The highest BCUT2D eigenvalue weighted by Gasteiger charge is 2.28. The van der Waals surface area contributed by atoms with E-state index >= 15 is 0 Å². The zero-order valence-corrected chi connectivity index (χ0v) is 11.4. The summed E-state index contributed by atoms with van der Waals surface area (Å²) in [6, 6.07) is 2.04. The number of hydrogen-bond acceptors (Lipinski definition) is 4. The SMILES string of the molecule is CC(C)C(NS(=O)(=O)c1cc(N)ccc1F)C(N)=O. The maximum absolute atomic E-state index is 13.5. The van der Waals surface area contributed by atoms with Gasteiger partial charge < -0.3 is 11.5 Å². The molecule has 1 unspecified atom stereocenters. The Bertz CT molecular complexity index is 587. The minimum atomic E-state index is -4.21. The number of hydrogen-bond donors (Lipinski definition) is 3. The molecule has 5 N–H and O–H groups in total. The number of nitrogen functional groups attached to an aromatic ring is 1. The van der Waals surface area contributed by atoms with Crippen LogP contribution in [0, 0.1) is 11.7 Å². The summed E-state index contributed by atoms with van der Waals surface area (Å²) in [4.78, 5) is 10.6. The monoisotopic (exact) mass is 289 g/mol. The summed E-state index contributed by atoms with van der Waals surface area (Å²) < 4.78 is 39.6. The number of primary amides is 1. The van der Waals surface area contributed by atoms with Crippen molar-refractivity contribution in [1.82, 2.24) is 4.72 Å². The van der Waals surface area contributed by atoms with Crippen molar-refractivity contribution in [1.29, 1.82) is 0 Å². The number of rotatable bonds is 5. The molecule has 0 bridgehead atoms. The third kappa shape index (κ3) is 3.65. The smallest absolute Gasteiger partial charge is 0.244 e. The largest absolute Gasteiger partial charge is 0.399 e. The van der Waals surface area contributed by atoms with Gasteiger partial charge in [-0.1, -0.05) is 13.8 Å². The van der Waals surface area contributed by atoms with E-state index in [0.717, 1.165) is 12.1 Å². The van der Waals surface area contributed by atoms with E-state index in [1.807, 2.05) is 0 Å². The third-order valence-electron chi connectivity index (χ3n) is 2.50. The molecule has 0 heterocycles. The second-order valence-corrected chi connectivity index (χ2v) is 6.12. The molecule has 19 heavy (non-hydrogen) atoms. The Kier molecular flexibility index (Phi) is 4.48. The Labute approximate surface area is 111 Å². The van der Waals surface area contributed by atoms with E-state index in [2.05, 4.69) is 4.72 Å². The van der Waals surface area contributed by atoms with Crippen molar-refractivity contribution in [2.24, 2.45) is 11.7 Å². The Morgan fingerprint density at radius 2 is 1.95 bits per heavy atom. The number of benzene rings is 1. The zero-order valence-electron chi connectivity index (χ0n) is 10.6. The summed E-state index contributed by atoms with van der Waals surface area (Å²) in [6.07, 6.45) is 0. The molecule has 1 aromatic rings. The van der Waals surface area contributed by atoms with Crippen molar-refractivity contribution in [3.8, 4) is 0 Å². The molecule has 0 spiro atoms. The summed E-state index contributed by atoms with van der Waals surface area (Å²) in [7, 11) is -4.21. The van der Waals surface area contributed by atoms with E-state index < -0.39 is 32.7 Å². The van der Waals surface area contributed by atoms with Crippen LogP contribution in [0.2, 0.25) is 0 Å². The van der Waals surface area contributed by atoms with E-state index in [9.17, 15) is 17.6 Å². The maximum Gasteiger partial charge on any atom is 0.244 e.